The van der Waals surface area contributed by atoms with Crippen molar-refractivity contribution in [3.8, 4) is 5.75 Å². The van der Waals surface area contributed by atoms with Crippen LogP contribution in [0.25, 0.3) is 0 Å². The first-order valence-corrected chi connectivity index (χ1v) is 13.1. The molecule has 10 heteroatoms. The number of benzene rings is 2. The molecule has 2 aromatic rings. The third kappa shape index (κ3) is 10.4. The highest BCUT2D eigenvalue weighted by Crippen LogP contribution is 2.12. The van der Waals surface area contributed by atoms with Crippen molar-refractivity contribution >= 4 is 23.7 Å². The molecule has 7 N–H and O–H groups in total. The third-order valence-corrected chi connectivity index (χ3v) is 6.21. The molecule has 212 valence electrons. The first-order chi connectivity index (χ1) is 18.4. The lowest BCUT2D eigenvalue weighted by Gasteiger charge is -2.27. The summed E-state index contributed by atoms with van der Waals surface area (Å²) in [5, 5.41) is 27.0. The lowest BCUT2D eigenvalue weighted by atomic mass is 9.99. The lowest BCUT2D eigenvalue weighted by molar-refractivity contribution is -0.142. The first-order valence-electron chi connectivity index (χ1n) is 13.1. The van der Waals surface area contributed by atoms with Crippen LogP contribution in [-0.2, 0) is 32.0 Å². The highest BCUT2D eigenvalue weighted by Gasteiger charge is 2.32. The van der Waals surface area contributed by atoms with E-state index in [4.69, 9.17) is 5.73 Å². The van der Waals surface area contributed by atoms with Gasteiger partial charge in [0.2, 0.25) is 17.7 Å². The average molecular weight is 541 g/mol. The summed E-state index contributed by atoms with van der Waals surface area (Å²) >= 11 is 0. The fraction of sp³-hybridized carbons (Fsp3) is 0.448. The Labute approximate surface area is 229 Å². The van der Waals surface area contributed by atoms with Crippen LogP contribution in [-0.4, -0.2) is 58.1 Å². The summed E-state index contributed by atoms with van der Waals surface area (Å²) < 4.78 is 0. The number of nitrogens with one attached hydrogen (secondary N) is 3. The van der Waals surface area contributed by atoms with Crippen LogP contribution < -0.4 is 21.7 Å². The highest BCUT2D eigenvalue weighted by molar-refractivity contribution is 5.94. The molecule has 0 bridgehead atoms. The molecule has 2 rings (SSSR count). The van der Waals surface area contributed by atoms with Crippen molar-refractivity contribution in [2.24, 2.45) is 17.6 Å². The largest absolute Gasteiger partial charge is 0.508 e. The molecule has 4 unspecified atom stereocenters. The maximum atomic E-state index is 13.4. The van der Waals surface area contributed by atoms with Gasteiger partial charge in [-0.3, -0.25) is 14.4 Å². The molecule has 0 aliphatic rings. The predicted molar refractivity (Wildman–Crippen MR) is 148 cm³/mol. The van der Waals surface area contributed by atoms with Crippen molar-refractivity contribution in [2.45, 2.75) is 71.1 Å². The SMILES string of the molecule is CC(C)CC(NC(=O)C(Cc1ccccc1)NC(=O)C(NC(=O)C(N)Cc1ccc(O)cc1)C(C)C)C(=O)O. The van der Waals surface area contributed by atoms with E-state index < -0.39 is 47.9 Å². The van der Waals surface area contributed by atoms with Crippen LogP contribution in [0, 0.1) is 11.8 Å². The minimum atomic E-state index is -1.16. The van der Waals surface area contributed by atoms with Crippen LogP contribution in [0.2, 0.25) is 0 Å². The molecule has 0 aromatic heterocycles. The molecule has 0 radical (unpaired) electrons. The summed E-state index contributed by atoms with van der Waals surface area (Å²) in [5.74, 6) is -3.11. The van der Waals surface area contributed by atoms with E-state index in [0.29, 0.717) is 0 Å². The summed E-state index contributed by atoms with van der Waals surface area (Å²) in [4.78, 5) is 51.2. The van der Waals surface area contributed by atoms with Gasteiger partial charge in [-0.15, -0.1) is 0 Å². The zero-order valence-electron chi connectivity index (χ0n) is 22.9. The molecule has 0 saturated carbocycles. The Kier molecular flexibility index (Phi) is 11.9. The number of carboxylic acid groups (broad SMARTS) is 1. The summed E-state index contributed by atoms with van der Waals surface area (Å²) in [7, 11) is 0. The molecule has 0 saturated heterocycles. The van der Waals surface area contributed by atoms with E-state index in [-0.39, 0.29) is 36.8 Å². The van der Waals surface area contributed by atoms with Gasteiger partial charge < -0.3 is 31.9 Å². The smallest absolute Gasteiger partial charge is 0.326 e. The number of amides is 3. The summed E-state index contributed by atoms with van der Waals surface area (Å²) in [6.07, 6.45) is 0.562. The monoisotopic (exact) mass is 540 g/mol. The predicted octanol–water partition coefficient (Wildman–Crippen LogP) is 1.75. The van der Waals surface area contributed by atoms with E-state index in [2.05, 4.69) is 16.0 Å². The van der Waals surface area contributed by atoms with Gasteiger partial charge in [0.1, 0.15) is 23.9 Å². The van der Waals surface area contributed by atoms with E-state index >= 15 is 0 Å². The molecule has 0 fully saturated rings. The minimum absolute atomic E-state index is 0.0277. The fourth-order valence-corrected chi connectivity index (χ4v) is 4.06. The van der Waals surface area contributed by atoms with Crippen molar-refractivity contribution < 1.29 is 29.4 Å². The molecule has 0 spiro atoms. The maximum Gasteiger partial charge on any atom is 0.326 e. The molecular formula is C29H40N4O6. The Balaban J connectivity index is 2.17. The number of aromatic hydroxyl groups is 1. The van der Waals surface area contributed by atoms with E-state index in [1.54, 1.807) is 50.2 Å². The quantitative estimate of drug-likeness (QED) is 0.212. The third-order valence-electron chi connectivity index (χ3n) is 6.21. The minimum Gasteiger partial charge on any atom is -0.508 e. The van der Waals surface area contributed by atoms with Crippen LogP contribution in [0.15, 0.2) is 54.6 Å². The second kappa shape index (κ2) is 14.9. The number of rotatable bonds is 14. The molecule has 4 atom stereocenters. The van der Waals surface area contributed by atoms with Gasteiger partial charge in [-0.1, -0.05) is 70.2 Å². The fourth-order valence-electron chi connectivity index (χ4n) is 4.06. The van der Waals surface area contributed by atoms with Crippen LogP contribution in [0.5, 0.6) is 5.75 Å². The standard InChI is InChI=1S/C29H40N4O6/c1-17(2)14-24(29(38)39)32-27(36)23(16-19-8-6-5-7-9-19)31-28(37)25(18(3)4)33-26(35)22(30)15-20-10-12-21(34)13-11-20/h5-13,17-18,22-25,34H,14-16,30H2,1-4H3,(H,31,37)(H,32,36)(H,33,35)(H,38,39). The summed E-state index contributed by atoms with van der Waals surface area (Å²) in [5.41, 5.74) is 7.60. The molecule has 0 aliphatic heterocycles. The van der Waals surface area contributed by atoms with Crippen molar-refractivity contribution in [3.05, 3.63) is 65.7 Å². The molecule has 0 aliphatic carbocycles. The van der Waals surface area contributed by atoms with Crippen LogP contribution in [0.4, 0.5) is 0 Å². The van der Waals surface area contributed by atoms with E-state index in [0.717, 1.165) is 11.1 Å². The zero-order chi connectivity index (χ0) is 29.1. The van der Waals surface area contributed by atoms with Crippen molar-refractivity contribution in [3.63, 3.8) is 0 Å². The molecular weight excluding hydrogens is 500 g/mol. The van der Waals surface area contributed by atoms with Gasteiger partial charge >= 0.3 is 5.97 Å². The van der Waals surface area contributed by atoms with Crippen LogP contribution in [0.1, 0.15) is 45.2 Å². The summed E-state index contributed by atoms with van der Waals surface area (Å²) in [6, 6.07) is 11.2. The van der Waals surface area contributed by atoms with Gasteiger partial charge in [0.25, 0.3) is 0 Å². The van der Waals surface area contributed by atoms with Crippen molar-refractivity contribution in [2.75, 3.05) is 0 Å². The van der Waals surface area contributed by atoms with Crippen LogP contribution >= 0.6 is 0 Å². The number of carbonyl (C=O) groups is 4. The van der Waals surface area contributed by atoms with Gasteiger partial charge in [0.05, 0.1) is 6.04 Å². The number of carbonyl (C=O) groups excluding carboxylic acids is 3. The number of phenols is 1. The average Bonchev–Trinajstić information content (AvgIpc) is 2.87. The summed E-state index contributed by atoms with van der Waals surface area (Å²) in [6.45, 7) is 7.22. The molecule has 2 aromatic carbocycles. The van der Waals surface area contributed by atoms with Crippen molar-refractivity contribution in [1.82, 2.24) is 16.0 Å². The number of carboxylic acids is 1. The number of aliphatic carboxylic acids is 1. The van der Waals surface area contributed by atoms with E-state index in [9.17, 15) is 29.4 Å². The Hall–Kier alpha value is -3.92. The first kappa shape index (κ1) is 31.3. The van der Waals surface area contributed by atoms with Gasteiger partial charge in [-0.25, -0.2) is 4.79 Å². The van der Waals surface area contributed by atoms with Gasteiger partial charge in [0.15, 0.2) is 0 Å². The molecule has 39 heavy (non-hydrogen) atoms. The normalized spacial score (nSPS) is 14.2. The molecule has 0 heterocycles. The van der Waals surface area contributed by atoms with Crippen LogP contribution in [0.3, 0.4) is 0 Å². The number of hydrogen-bond donors (Lipinski definition) is 6. The van der Waals surface area contributed by atoms with Gasteiger partial charge in [-0.05, 0) is 47.9 Å². The Morgan fingerprint density at radius 2 is 1.31 bits per heavy atom. The molecule has 10 nitrogen and oxygen atoms in total. The van der Waals surface area contributed by atoms with Gasteiger partial charge in [-0.2, -0.15) is 0 Å². The number of hydrogen-bond acceptors (Lipinski definition) is 6. The van der Waals surface area contributed by atoms with Crippen molar-refractivity contribution in [1.29, 1.82) is 0 Å². The maximum absolute atomic E-state index is 13.4. The second-order valence-electron chi connectivity index (χ2n) is 10.5. The number of phenolic OH excluding ortho intramolecular Hbond substituents is 1. The van der Waals surface area contributed by atoms with Gasteiger partial charge in [0, 0.05) is 6.42 Å². The molecule has 3 amide bonds. The lowest BCUT2D eigenvalue weighted by Crippen LogP contribution is -2.59. The topological polar surface area (TPSA) is 171 Å². The van der Waals surface area contributed by atoms with E-state index in [1.165, 1.54) is 12.1 Å². The second-order valence-corrected chi connectivity index (χ2v) is 10.5. The number of nitrogens with two attached hydrogens (primary N) is 1. The zero-order valence-corrected chi connectivity index (χ0v) is 22.9. The van der Waals surface area contributed by atoms with E-state index in [1.807, 2.05) is 19.9 Å². The Morgan fingerprint density at radius 1 is 0.744 bits per heavy atom. The highest BCUT2D eigenvalue weighted by atomic mass is 16.4. The Bertz CT molecular complexity index is 1100. The Morgan fingerprint density at radius 3 is 1.85 bits per heavy atom.